The van der Waals surface area contributed by atoms with Crippen molar-refractivity contribution in [3.8, 4) is 0 Å². The fraction of sp³-hybridized carbons (Fsp3) is 0.0556. The Kier molecular flexibility index (Phi) is 5.21. The van der Waals surface area contributed by atoms with E-state index in [1.54, 1.807) is 30.5 Å². The molecule has 1 aromatic heterocycles. The molecule has 0 aliphatic rings. The largest absolute Gasteiger partial charge is 0.379 e. The van der Waals surface area contributed by atoms with Crippen LogP contribution >= 0.6 is 11.6 Å². The smallest absolute Gasteiger partial charge is 0.261 e. The van der Waals surface area contributed by atoms with Gasteiger partial charge in [-0.15, -0.1) is 0 Å². The standard InChI is InChI=1S/C18H16ClN3O2S/c19-14-4-10-18(11-5-14)25(23,24)22-16-8-6-15(7-9-16)21-13-17-3-1-2-12-20-17/h1-12,21-22H,13H2. The topological polar surface area (TPSA) is 71.1 Å². The maximum absolute atomic E-state index is 12.3. The average Bonchev–Trinajstić information content (AvgIpc) is 2.62. The molecule has 0 bridgehead atoms. The van der Waals surface area contributed by atoms with Gasteiger partial charge in [-0.2, -0.15) is 0 Å². The van der Waals surface area contributed by atoms with Gasteiger partial charge >= 0.3 is 0 Å². The summed E-state index contributed by atoms with van der Waals surface area (Å²) in [7, 11) is -3.64. The number of nitrogens with one attached hydrogen (secondary N) is 2. The zero-order chi connectivity index (χ0) is 17.7. The van der Waals surface area contributed by atoms with Crippen LogP contribution in [0.2, 0.25) is 5.02 Å². The second-order valence-electron chi connectivity index (χ2n) is 5.31. The summed E-state index contributed by atoms with van der Waals surface area (Å²) >= 11 is 5.79. The molecule has 3 aromatic rings. The van der Waals surface area contributed by atoms with Crippen LogP contribution in [0.4, 0.5) is 11.4 Å². The van der Waals surface area contributed by atoms with Crippen LogP contribution in [0, 0.1) is 0 Å². The zero-order valence-electron chi connectivity index (χ0n) is 13.2. The van der Waals surface area contributed by atoms with E-state index in [9.17, 15) is 8.42 Å². The van der Waals surface area contributed by atoms with Gasteiger partial charge in [0.2, 0.25) is 0 Å². The molecule has 0 atom stereocenters. The molecule has 1 heterocycles. The SMILES string of the molecule is O=S(=O)(Nc1ccc(NCc2ccccn2)cc1)c1ccc(Cl)cc1. The van der Waals surface area contributed by atoms with E-state index in [0.29, 0.717) is 17.3 Å². The molecule has 0 unspecified atom stereocenters. The second-order valence-corrected chi connectivity index (χ2v) is 7.43. The Balaban J connectivity index is 1.65. The quantitative estimate of drug-likeness (QED) is 0.681. The van der Waals surface area contributed by atoms with E-state index in [1.165, 1.54) is 12.1 Å². The average molecular weight is 374 g/mol. The molecule has 0 radical (unpaired) electrons. The van der Waals surface area contributed by atoms with Crippen LogP contribution < -0.4 is 10.0 Å². The van der Waals surface area contributed by atoms with Crippen molar-refractivity contribution >= 4 is 33.0 Å². The Morgan fingerprint density at radius 3 is 2.20 bits per heavy atom. The molecule has 2 N–H and O–H groups in total. The molecule has 0 saturated heterocycles. The molecular weight excluding hydrogens is 358 g/mol. The maximum atomic E-state index is 12.3. The van der Waals surface area contributed by atoms with Gasteiger partial charge in [0.15, 0.2) is 0 Å². The monoisotopic (exact) mass is 373 g/mol. The van der Waals surface area contributed by atoms with Crippen LogP contribution in [0.15, 0.2) is 77.8 Å². The van der Waals surface area contributed by atoms with Gasteiger partial charge in [-0.05, 0) is 60.7 Å². The molecule has 0 fully saturated rings. The fourth-order valence-electron chi connectivity index (χ4n) is 2.18. The van der Waals surface area contributed by atoms with E-state index in [4.69, 9.17) is 11.6 Å². The van der Waals surface area contributed by atoms with Crippen molar-refractivity contribution in [1.29, 1.82) is 0 Å². The van der Waals surface area contributed by atoms with Crippen LogP contribution in [0.25, 0.3) is 0 Å². The van der Waals surface area contributed by atoms with E-state index < -0.39 is 10.0 Å². The Morgan fingerprint density at radius 1 is 0.880 bits per heavy atom. The molecular formula is C18H16ClN3O2S. The van der Waals surface area contributed by atoms with Crippen molar-refractivity contribution in [3.05, 3.63) is 83.6 Å². The molecule has 5 nitrogen and oxygen atoms in total. The van der Waals surface area contributed by atoms with Crippen molar-refractivity contribution in [2.75, 3.05) is 10.0 Å². The summed E-state index contributed by atoms with van der Waals surface area (Å²) in [6.45, 7) is 0.594. The third-order valence-electron chi connectivity index (χ3n) is 3.46. The first kappa shape index (κ1) is 17.3. The lowest BCUT2D eigenvalue weighted by Gasteiger charge is -2.10. The highest BCUT2D eigenvalue weighted by Gasteiger charge is 2.13. The number of aromatic nitrogens is 1. The first-order chi connectivity index (χ1) is 12.0. The van der Waals surface area contributed by atoms with Gasteiger partial charge in [0, 0.05) is 22.6 Å². The maximum Gasteiger partial charge on any atom is 0.261 e. The lowest BCUT2D eigenvalue weighted by atomic mass is 10.3. The number of nitrogens with zero attached hydrogens (tertiary/aromatic N) is 1. The minimum atomic E-state index is -3.64. The van der Waals surface area contributed by atoms with Crippen LogP contribution in [-0.4, -0.2) is 13.4 Å². The molecule has 128 valence electrons. The molecule has 0 aliphatic carbocycles. The fourth-order valence-corrected chi connectivity index (χ4v) is 3.36. The van der Waals surface area contributed by atoms with Gasteiger partial charge in [0.1, 0.15) is 0 Å². The minimum absolute atomic E-state index is 0.161. The molecule has 3 rings (SSSR count). The highest BCUT2D eigenvalue weighted by molar-refractivity contribution is 7.92. The Labute approximate surface area is 151 Å². The molecule has 0 amide bonds. The Bertz CT molecular complexity index is 928. The van der Waals surface area contributed by atoms with E-state index in [0.717, 1.165) is 11.4 Å². The molecule has 0 saturated carbocycles. The van der Waals surface area contributed by atoms with Crippen LogP contribution in [0.3, 0.4) is 0 Å². The van der Waals surface area contributed by atoms with Gasteiger partial charge in [-0.3, -0.25) is 9.71 Å². The molecule has 7 heteroatoms. The van der Waals surface area contributed by atoms with E-state index in [1.807, 2.05) is 30.3 Å². The number of pyridine rings is 1. The van der Waals surface area contributed by atoms with E-state index in [-0.39, 0.29) is 4.90 Å². The van der Waals surface area contributed by atoms with Crippen LogP contribution in [0.5, 0.6) is 0 Å². The summed E-state index contributed by atoms with van der Waals surface area (Å²) < 4.78 is 27.2. The highest BCUT2D eigenvalue weighted by Crippen LogP contribution is 2.20. The number of anilines is 2. The normalized spacial score (nSPS) is 11.1. The summed E-state index contributed by atoms with van der Waals surface area (Å²) in [6.07, 6.45) is 1.74. The number of rotatable bonds is 6. The number of benzene rings is 2. The predicted octanol–water partition coefficient (Wildman–Crippen LogP) is 4.15. The number of halogens is 1. The lowest BCUT2D eigenvalue weighted by Crippen LogP contribution is -2.12. The first-order valence-corrected chi connectivity index (χ1v) is 9.41. The predicted molar refractivity (Wildman–Crippen MR) is 100 cm³/mol. The van der Waals surface area contributed by atoms with Gasteiger partial charge in [0.25, 0.3) is 10.0 Å². The van der Waals surface area contributed by atoms with E-state index >= 15 is 0 Å². The van der Waals surface area contributed by atoms with Gasteiger partial charge in [-0.1, -0.05) is 17.7 Å². The van der Waals surface area contributed by atoms with Crippen molar-refractivity contribution in [1.82, 2.24) is 4.98 Å². The zero-order valence-corrected chi connectivity index (χ0v) is 14.8. The Morgan fingerprint density at radius 2 is 1.56 bits per heavy atom. The van der Waals surface area contributed by atoms with Crippen LogP contribution in [-0.2, 0) is 16.6 Å². The van der Waals surface area contributed by atoms with Gasteiger partial charge in [-0.25, -0.2) is 8.42 Å². The minimum Gasteiger partial charge on any atom is -0.379 e. The second kappa shape index (κ2) is 7.55. The third kappa shape index (κ3) is 4.71. The molecule has 0 aliphatic heterocycles. The van der Waals surface area contributed by atoms with Crippen molar-refractivity contribution in [2.24, 2.45) is 0 Å². The summed E-state index contributed by atoms with van der Waals surface area (Å²) in [6, 6.07) is 18.8. The summed E-state index contributed by atoms with van der Waals surface area (Å²) in [5, 5.41) is 3.72. The number of hydrogen-bond acceptors (Lipinski definition) is 4. The first-order valence-electron chi connectivity index (χ1n) is 7.55. The summed E-state index contributed by atoms with van der Waals surface area (Å²) in [5.74, 6) is 0. The molecule has 2 aromatic carbocycles. The Hall–Kier alpha value is -2.57. The number of hydrogen-bond donors (Lipinski definition) is 2. The highest BCUT2D eigenvalue weighted by atomic mass is 35.5. The third-order valence-corrected chi connectivity index (χ3v) is 5.11. The van der Waals surface area contributed by atoms with Crippen molar-refractivity contribution in [3.63, 3.8) is 0 Å². The number of sulfonamides is 1. The van der Waals surface area contributed by atoms with E-state index in [2.05, 4.69) is 15.0 Å². The molecule has 0 spiro atoms. The van der Waals surface area contributed by atoms with Crippen molar-refractivity contribution < 1.29 is 8.42 Å². The van der Waals surface area contributed by atoms with Gasteiger partial charge in [0.05, 0.1) is 17.1 Å². The lowest BCUT2D eigenvalue weighted by molar-refractivity contribution is 0.601. The van der Waals surface area contributed by atoms with Crippen LogP contribution in [0.1, 0.15) is 5.69 Å². The molecule has 25 heavy (non-hydrogen) atoms. The summed E-state index contributed by atoms with van der Waals surface area (Å²) in [4.78, 5) is 4.40. The van der Waals surface area contributed by atoms with Gasteiger partial charge < -0.3 is 5.32 Å². The summed E-state index contributed by atoms with van der Waals surface area (Å²) in [5.41, 5.74) is 2.29. The van der Waals surface area contributed by atoms with Crippen molar-refractivity contribution in [2.45, 2.75) is 11.4 Å².